The van der Waals surface area contributed by atoms with Crippen molar-refractivity contribution in [1.29, 1.82) is 0 Å². The van der Waals surface area contributed by atoms with E-state index in [1.54, 1.807) is 24.0 Å². The van der Waals surface area contributed by atoms with Gasteiger partial charge in [0.05, 0.1) is 24.3 Å². The quantitative estimate of drug-likeness (QED) is 0.576. The highest BCUT2D eigenvalue weighted by atomic mass is 19.3. The number of aromatic nitrogens is 4. The molecule has 1 aliphatic carbocycles. The maximum atomic E-state index is 14.6. The van der Waals surface area contributed by atoms with Crippen LogP contribution in [0.2, 0.25) is 0 Å². The molecule has 4 N–H and O–H groups in total. The average molecular weight is 449 g/mol. The molecule has 10 nitrogen and oxygen atoms in total. The molecular weight excluding hydrogens is 424 g/mol. The number of ether oxygens (including phenoxy) is 1. The Morgan fingerprint density at radius 1 is 1.41 bits per heavy atom. The molecule has 4 rings (SSSR count). The summed E-state index contributed by atoms with van der Waals surface area (Å²) in [5, 5.41) is 16.4. The number of amides is 1. The van der Waals surface area contributed by atoms with Gasteiger partial charge in [-0.25, -0.2) is 13.9 Å². The van der Waals surface area contributed by atoms with Crippen LogP contribution in [0.4, 0.5) is 20.3 Å². The lowest BCUT2D eigenvalue weighted by Gasteiger charge is -2.40. The molecule has 2 fully saturated rings. The molecule has 0 unspecified atom stereocenters. The van der Waals surface area contributed by atoms with Crippen LogP contribution in [-0.4, -0.2) is 62.9 Å². The predicted octanol–water partition coefficient (Wildman–Crippen LogP) is 1.38. The van der Waals surface area contributed by atoms with Crippen molar-refractivity contribution in [3.05, 3.63) is 34.2 Å². The zero-order valence-corrected chi connectivity index (χ0v) is 17.6. The minimum Gasteiger partial charge on any atom is -0.476 e. The fraction of sp³-hybridized carbons (Fsp3) is 0.550. The van der Waals surface area contributed by atoms with Crippen molar-refractivity contribution in [2.45, 2.75) is 44.1 Å². The van der Waals surface area contributed by atoms with Crippen LogP contribution >= 0.6 is 0 Å². The number of nitrogen functional groups attached to an aromatic ring is 1. The Morgan fingerprint density at radius 2 is 2.19 bits per heavy atom. The Labute approximate surface area is 182 Å². The van der Waals surface area contributed by atoms with Crippen LogP contribution in [0.1, 0.15) is 37.8 Å². The van der Waals surface area contributed by atoms with Gasteiger partial charge in [-0.15, -0.1) is 10.2 Å². The highest BCUT2D eigenvalue weighted by Crippen LogP contribution is 2.40. The number of anilines is 2. The van der Waals surface area contributed by atoms with Crippen molar-refractivity contribution in [3.8, 4) is 5.88 Å². The molecule has 0 radical (unpaired) electrons. The number of nitrogens with two attached hydrogens (primary N) is 1. The topological polar surface area (TPSA) is 139 Å². The molecule has 172 valence electrons. The molecule has 1 saturated heterocycles. The number of carbonyl (C=O) groups is 1. The van der Waals surface area contributed by atoms with Gasteiger partial charge in [0.15, 0.2) is 5.82 Å². The largest absolute Gasteiger partial charge is 0.476 e. The summed E-state index contributed by atoms with van der Waals surface area (Å²) in [6.07, 6.45) is 1.87. The SMILES string of the molecule is C[C@@H](C(=O)Nc1ccc(OCC2CC2)nn1)N1CCC(F)(F)[C@@H](c2cc(N)c(=O)[nH]n2)C1. The van der Waals surface area contributed by atoms with Gasteiger partial charge in [-0.05, 0) is 37.8 Å². The average Bonchev–Trinajstić information content (AvgIpc) is 3.59. The Hall–Kier alpha value is -3.15. The van der Waals surface area contributed by atoms with Gasteiger partial charge in [0.25, 0.3) is 11.5 Å². The highest BCUT2D eigenvalue weighted by molar-refractivity contribution is 5.93. The summed E-state index contributed by atoms with van der Waals surface area (Å²) >= 11 is 0. The summed E-state index contributed by atoms with van der Waals surface area (Å²) in [6, 6.07) is 3.66. The molecule has 1 amide bonds. The maximum Gasteiger partial charge on any atom is 0.287 e. The molecule has 12 heteroatoms. The number of rotatable bonds is 7. The van der Waals surface area contributed by atoms with Crippen LogP contribution in [0.25, 0.3) is 0 Å². The van der Waals surface area contributed by atoms with E-state index >= 15 is 0 Å². The first kappa shape index (κ1) is 22.1. The van der Waals surface area contributed by atoms with E-state index in [0.717, 1.165) is 18.9 Å². The Bertz CT molecular complexity index is 1030. The van der Waals surface area contributed by atoms with E-state index in [1.165, 1.54) is 0 Å². The molecule has 3 heterocycles. The van der Waals surface area contributed by atoms with Gasteiger partial charge in [0.1, 0.15) is 5.69 Å². The fourth-order valence-electron chi connectivity index (χ4n) is 3.55. The Balaban J connectivity index is 1.39. The molecule has 2 aromatic heterocycles. The standard InChI is InChI=1S/C20H25F2N7O3/c1-11(18(30)24-16-4-5-17(27-26-16)32-10-12-2-3-12)29-7-6-20(21,22)13(9-29)15-8-14(23)19(31)28-25-15/h4-5,8,11-13H,2-3,6-7,9-10H2,1H3,(H2,23,25)(H,28,31)(H,24,26,30)/t11-,13+/m0/s1. The molecule has 0 spiro atoms. The molecule has 2 aliphatic rings. The van der Waals surface area contributed by atoms with E-state index in [0.29, 0.717) is 18.4 Å². The van der Waals surface area contributed by atoms with E-state index in [-0.39, 0.29) is 30.3 Å². The second kappa shape index (κ2) is 8.77. The van der Waals surface area contributed by atoms with Gasteiger partial charge in [-0.1, -0.05) is 0 Å². The van der Waals surface area contributed by atoms with E-state index in [4.69, 9.17) is 10.5 Å². The first-order valence-electron chi connectivity index (χ1n) is 10.5. The smallest absolute Gasteiger partial charge is 0.287 e. The first-order chi connectivity index (χ1) is 15.2. The Morgan fingerprint density at radius 3 is 2.84 bits per heavy atom. The van der Waals surface area contributed by atoms with Crippen LogP contribution in [0.3, 0.4) is 0 Å². The van der Waals surface area contributed by atoms with Crippen molar-refractivity contribution < 1.29 is 18.3 Å². The van der Waals surface area contributed by atoms with Crippen LogP contribution < -0.4 is 21.3 Å². The third kappa shape index (κ3) is 5.01. The summed E-state index contributed by atoms with van der Waals surface area (Å²) in [6.45, 7) is 2.13. The number of likely N-dealkylation sites (tertiary alicyclic amines) is 1. The summed E-state index contributed by atoms with van der Waals surface area (Å²) in [7, 11) is 0. The second-order valence-corrected chi connectivity index (χ2v) is 8.31. The number of H-pyrrole nitrogens is 1. The van der Waals surface area contributed by atoms with Gasteiger partial charge in [0, 0.05) is 25.6 Å². The summed E-state index contributed by atoms with van der Waals surface area (Å²) in [5.41, 5.74) is 4.73. The van der Waals surface area contributed by atoms with Crippen LogP contribution in [-0.2, 0) is 4.79 Å². The zero-order valence-electron chi connectivity index (χ0n) is 17.6. The van der Waals surface area contributed by atoms with Gasteiger partial charge >= 0.3 is 0 Å². The van der Waals surface area contributed by atoms with E-state index < -0.39 is 35.8 Å². The monoisotopic (exact) mass is 449 g/mol. The van der Waals surface area contributed by atoms with Gasteiger partial charge < -0.3 is 15.8 Å². The lowest BCUT2D eigenvalue weighted by atomic mass is 9.89. The Kier molecular flexibility index (Phi) is 6.04. The first-order valence-corrected chi connectivity index (χ1v) is 10.5. The van der Waals surface area contributed by atoms with Crippen molar-refractivity contribution in [2.75, 3.05) is 30.7 Å². The number of carbonyl (C=O) groups excluding carboxylic acids is 1. The third-order valence-corrected chi connectivity index (χ3v) is 5.85. The third-order valence-electron chi connectivity index (χ3n) is 5.85. The summed E-state index contributed by atoms with van der Waals surface area (Å²) < 4.78 is 34.7. The van der Waals surface area contributed by atoms with Crippen molar-refractivity contribution >= 4 is 17.4 Å². The highest BCUT2D eigenvalue weighted by Gasteiger charge is 2.47. The number of hydrogen-bond donors (Lipinski definition) is 3. The number of nitrogens with one attached hydrogen (secondary N) is 2. The van der Waals surface area contributed by atoms with E-state index in [9.17, 15) is 18.4 Å². The predicted molar refractivity (Wildman–Crippen MR) is 111 cm³/mol. The van der Waals surface area contributed by atoms with E-state index in [2.05, 4.69) is 25.7 Å². The molecule has 32 heavy (non-hydrogen) atoms. The van der Waals surface area contributed by atoms with Crippen molar-refractivity contribution in [3.63, 3.8) is 0 Å². The van der Waals surface area contributed by atoms with Gasteiger partial charge in [-0.3, -0.25) is 14.5 Å². The molecule has 0 bridgehead atoms. The maximum absolute atomic E-state index is 14.6. The number of piperidine rings is 1. The lowest BCUT2D eigenvalue weighted by molar-refractivity contribution is -0.125. The molecular formula is C20H25F2N7O3. The number of aromatic amines is 1. The lowest BCUT2D eigenvalue weighted by Crippen LogP contribution is -2.52. The van der Waals surface area contributed by atoms with Crippen LogP contribution in [0.5, 0.6) is 5.88 Å². The fourth-order valence-corrected chi connectivity index (χ4v) is 3.55. The zero-order chi connectivity index (χ0) is 22.9. The van der Waals surface area contributed by atoms with Gasteiger partial charge in [0.2, 0.25) is 11.8 Å². The number of nitrogens with zero attached hydrogens (tertiary/aromatic N) is 4. The second-order valence-electron chi connectivity index (χ2n) is 8.31. The minimum atomic E-state index is -3.05. The van der Waals surface area contributed by atoms with Crippen LogP contribution in [0, 0.1) is 5.92 Å². The molecule has 1 saturated carbocycles. The minimum absolute atomic E-state index is 0.0166. The molecule has 1 aliphatic heterocycles. The molecule has 2 aromatic rings. The van der Waals surface area contributed by atoms with Gasteiger partial charge in [-0.2, -0.15) is 5.10 Å². The number of hydrogen-bond acceptors (Lipinski definition) is 8. The molecule has 0 aromatic carbocycles. The number of halogens is 2. The normalized spacial score (nSPS) is 21.7. The summed E-state index contributed by atoms with van der Waals surface area (Å²) in [5.74, 6) is -3.55. The number of alkyl halides is 2. The van der Waals surface area contributed by atoms with E-state index in [1.807, 2.05) is 0 Å². The van der Waals surface area contributed by atoms with Crippen molar-refractivity contribution in [1.82, 2.24) is 25.3 Å². The van der Waals surface area contributed by atoms with Crippen LogP contribution in [0.15, 0.2) is 23.0 Å². The summed E-state index contributed by atoms with van der Waals surface area (Å²) in [4.78, 5) is 25.8. The molecule has 2 atom stereocenters. The van der Waals surface area contributed by atoms with Crippen molar-refractivity contribution in [2.24, 2.45) is 5.92 Å².